The van der Waals surface area contributed by atoms with Gasteiger partial charge in [0.2, 0.25) is 0 Å². The van der Waals surface area contributed by atoms with Crippen molar-refractivity contribution in [1.29, 1.82) is 0 Å². The molecule has 126 valence electrons. The zero-order valence-electron chi connectivity index (χ0n) is 12.9. The molecule has 1 atom stereocenters. The molecule has 0 bridgehead atoms. The highest BCUT2D eigenvalue weighted by molar-refractivity contribution is 6.31. The molecule has 0 amide bonds. The van der Waals surface area contributed by atoms with E-state index < -0.39 is 11.6 Å². The molecule has 0 unspecified atom stereocenters. The van der Waals surface area contributed by atoms with E-state index in [0.717, 1.165) is 57.9 Å². The van der Waals surface area contributed by atoms with Crippen LogP contribution in [0.25, 0.3) is 0 Å². The maximum absolute atomic E-state index is 14.3. The molecule has 0 radical (unpaired) electrons. The third kappa shape index (κ3) is 4.79. The van der Waals surface area contributed by atoms with Gasteiger partial charge in [-0.25, -0.2) is 8.78 Å². The topological polar surface area (TPSA) is 15.3 Å². The van der Waals surface area contributed by atoms with Crippen LogP contribution in [0.5, 0.6) is 0 Å². The second-order valence-electron chi connectivity index (χ2n) is 5.55. The van der Waals surface area contributed by atoms with Crippen LogP contribution in [0, 0.1) is 11.6 Å². The summed E-state index contributed by atoms with van der Waals surface area (Å²) in [6.45, 7) is 5.55. The molecular formula is C16H24Cl2F2N2. The van der Waals surface area contributed by atoms with E-state index in [1.54, 1.807) is 0 Å². The molecule has 1 saturated heterocycles. The summed E-state index contributed by atoms with van der Waals surface area (Å²) in [7, 11) is 0. The molecule has 1 N–H and O–H groups in total. The van der Waals surface area contributed by atoms with Gasteiger partial charge in [-0.3, -0.25) is 4.90 Å². The average Bonchev–Trinajstić information content (AvgIpc) is 2.51. The summed E-state index contributed by atoms with van der Waals surface area (Å²) in [4.78, 5) is 2.22. The lowest BCUT2D eigenvalue weighted by atomic mass is 9.97. The Morgan fingerprint density at radius 2 is 1.82 bits per heavy atom. The van der Waals surface area contributed by atoms with Crippen molar-refractivity contribution >= 4 is 24.0 Å². The molecule has 1 aliphatic heterocycles. The molecule has 1 heterocycles. The van der Waals surface area contributed by atoms with Gasteiger partial charge in [0, 0.05) is 37.8 Å². The lowest BCUT2D eigenvalue weighted by Crippen LogP contribution is -2.45. The first-order chi connectivity index (χ1) is 10.1. The van der Waals surface area contributed by atoms with Crippen molar-refractivity contribution in [3.05, 3.63) is 34.4 Å². The van der Waals surface area contributed by atoms with E-state index in [1.165, 1.54) is 6.07 Å². The highest BCUT2D eigenvalue weighted by atomic mass is 35.5. The second kappa shape index (κ2) is 9.66. The molecule has 0 aliphatic carbocycles. The van der Waals surface area contributed by atoms with E-state index in [9.17, 15) is 8.78 Å². The minimum Gasteiger partial charge on any atom is -0.314 e. The summed E-state index contributed by atoms with van der Waals surface area (Å²) in [5, 5.41) is 3.23. The first kappa shape index (κ1) is 19.6. The van der Waals surface area contributed by atoms with E-state index in [-0.39, 0.29) is 23.5 Å². The van der Waals surface area contributed by atoms with Crippen molar-refractivity contribution in [2.75, 3.05) is 26.2 Å². The fourth-order valence-electron chi connectivity index (χ4n) is 2.94. The number of halogens is 4. The molecule has 6 heteroatoms. The van der Waals surface area contributed by atoms with Crippen molar-refractivity contribution < 1.29 is 8.78 Å². The number of nitrogens with zero attached hydrogens (tertiary/aromatic N) is 1. The summed E-state index contributed by atoms with van der Waals surface area (Å²) in [6, 6.07) is 2.15. The summed E-state index contributed by atoms with van der Waals surface area (Å²) >= 11 is 6.07. The Balaban J connectivity index is 0.00000242. The Morgan fingerprint density at radius 3 is 2.45 bits per heavy atom. The quantitative estimate of drug-likeness (QED) is 0.596. The Bertz CT molecular complexity index is 466. The predicted octanol–water partition coefficient (Wildman–Crippen LogP) is 4.57. The molecule has 1 aromatic rings. The molecule has 22 heavy (non-hydrogen) atoms. The maximum atomic E-state index is 14.3. The Hall–Kier alpha value is -0.420. The van der Waals surface area contributed by atoms with E-state index in [0.29, 0.717) is 5.56 Å². The molecule has 2 nitrogen and oxygen atoms in total. The van der Waals surface area contributed by atoms with Crippen LogP contribution in [0.3, 0.4) is 0 Å². The molecule has 1 aromatic carbocycles. The van der Waals surface area contributed by atoms with Gasteiger partial charge in [0.05, 0.1) is 5.02 Å². The van der Waals surface area contributed by atoms with Crippen molar-refractivity contribution in [1.82, 2.24) is 10.2 Å². The van der Waals surface area contributed by atoms with Gasteiger partial charge in [0.15, 0.2) is 0 Å². The SMILES string of the molecule is CCCCC[C@H](c1c(F)ccc(F)c1Cl)N1CCNCC1.Cl. The van der Waals surface area contributed by atoms with Gasteiger partial charge in [-0.05, 0) is 18.6 Å². The predicted molar refractivity (Wildman–Crippen MR) is 89.9 cm³/mol. The van der Waals surface area contributed by atoms with Gasteiger partial charge in [-0.2, -0.15) is 0 Å². The molecule has 1 aliphatic rings. The van der Waals surface area contributed by atoms with E-state index in [2.05, 4.69) is 17.1 Å². The van der Waals surface area contributed by atoms with Crippen molar-refractivity contribution in [2.45, 2.75) is 38.6 Å². The normalized spacial score (nSPS) is 17.1. The van der Waals surface area contributed by atoms with Crippen LogP contribution >= 0.6 is 24.0 Å². The summed E-state index contributed by atoms with van der Waals surface area (Å²) in [5.74, 6) is -0.940. The number of hydrogen-bond acceptors (Lipinski definition) is 2. The second-order valence-corrected chi connectivity index (χ2v) is 5.93. The molecule has 2 rings (SSSR count). The molecule has 1 fully saturated rings. The van der Waals surface area contributed by atoms with Crippen LogP contribution in [0.2, 0.25) is 5.02 Å². The molecule has 0 aromatic heterocycles. The van der Waals surface area contributed by atoms with E-state index in [1.807, 2.05) is 0 Å². The van der Waals surface area contributed by atoms with Crippen molar-refractivity contribution in [2.24, 2.45) is 0 Å². The van der Waals surface area contributed by atoms with Crippen molar-refractivity contribution in [3.63, 3.8) is 0 Å². The monoisotopic (exact) mass is 352 g/mol. The van der Waals surface area contributed by atoms with Crippen LogP contribution in [-0.2, 0) is 0 Å². The smallest absolute Gasteiger partial charge is 0.142 e. The lowest BCUT2D eigenvalue weighted by Gasteiger charge is -2.36. The standard InChI is InChI=1S/C16H23ClF2N2.ClH/c1-2-3-4-5-14(21-10-8-20-9-11-21)15-12(18)6-7-13(19)16(15)17;/h6-7,14,20H,2-5,8-11H2,1H3;1H/t14-;/m1./s1. The number of benzene rings is 1. The number of nitrogens with one attached hydrogen (secondary N) is 1. The lowest BCUT2D eigenvalue weighted by molar-refractivity contribution is 0.159. The Kier molecular flexibility index (Phi) is 8.62. The van der Waals surface area contributed by atoms with Crippen molar-refractivity contribution in [3.8, 4) is 0 Å². The van der Waals surface area contributed by atoms with Crippen LogP contribution in [0.4, 0.5) is 8.78 Å². The average molecular weight is 353 g/mol. The summed E-state index contributed by atoms with van der Waals surface area (Å²) in [5.41, 5.74) is 0.328. The zero-order chi connectivity index (χ0) is 15.2. The fraction of sp³-hybridized carbons (Fsp3) is 0.625. The van der Waals surface area contributed by atoms with Gasteiger partial charge < -0.3 is 5.32 Å². The molecule has 0 saturated carbocycles. The third-order valence-corrected chi connectivity index (χ3v) is 4.47. The first-order valence-electron chi connectivity index (χ1n) is 7.73. The highest BCUT2D eigenvalue weighted by Gasteiger charge is 2.27. The number of unbranched alkanes of at least 4 members (excludes halogenated alkanes) is 2. The number of hydrogen-bond donors (Lipinski definition) is 1. The fourth-order valence-corrected chi connectivity index (χ4v) is 3.22. The third-order valence-electron chi connectivity index (χ3n) is 4.09. The first-order valence-corrected chi connectivity index (χ1v) is 8.11. The van der Waals surface area contributed by atoms with E-state index >= 15 is 0 Å². The van der Waals surface area contributed by atoms with Crippen LogP contribution in [-0.4, -0.2) is 31.1 Å². The van der Waals surface area contributed by atoms with Crippen LogP contribution < -0.4 is 5.32 Å². The summed E-state index contributed by atoms with van der Waals surface area (Å²) < 4.78 is 28.0. The van der Waals surface area contributed by atoms with Gasteiger partial charge >= 0.3 is 0 Å². The zero-order valence-corrected chi connectivity index (χ0v) is 14.5. The van der Waals surface area contributed by atoms with Gasteiger partial charge in [0.1, 0.15) is 11.6 Å². The van der Waals surface area contributed by atoms with Crippen LogP contribution in [0.15, 0.2) is 12.1 Å². The van der Waals surface area contributed by atoms with Gasteiger partial charge in [-0.1, -0.05) is 37.8 Å². The number of piperazine rings is 1. The largest absolute Gasteiger partial charge is 0.314 e. The Morgan fingerprint density at radius 1 is 1.18 bits per heavy atom. The van der Waals surface area contributed by atoms with Gasteiger partial charge in [-0.15, -0.1) is 12.4 Å². The molecular weight excluding hydrogens is 329 g/mol. The van der Waals surface area contributed by atoms with Crippen LogP contribution in [0.1, 0.15) is 44.2 Å². The minimum absolute atomic E-state index is 0. The highest BCUT2D eigenvalue weighted by Crippen LogP contribution is 2.35. The van der Waals surface area contributed by atoms with Gasteiger partial charge in [0.25, 0.3) is 0 Å². The minimum atomic E-state index is -0.538. The van der Waals surface area contributed by atoms with E-state index in [4.69, 9.17) is 11.6 Å². The Labute approximate surface area is 142 Å². The maximum Gasteiger partial charge on any atom is 0.142 e. The number of rotatable bonds is 6. The summed E-state index contributed by atoms with van der Waals surface area (Å²) in [6.07, 6.45) is 4.01. The molecule has 0 spiro atoms.